The first-order valence-corrected chi connectivity index (χ1v) is 5.44. The lowest BCUT2D eigenvalue weighted by Gasteiger charge is -2.23. The summed E-state index contributed by atoms with van der Waals surface area (Å²) in [5, 5.41) is 8.53. The van der Waals surface area contributed by atoms with Crippen molar-refractivity contribution in [1.29, 1.82) is 5.26 Å². The van der Waals surface area contributed by atoms with Crippen LogP contribution < -0.4 is 0 Å². The third kappa shape index (κ3) is 2.45. The number of Topliss-reactive ketones (excluding diaryl/α,β-unsaturated/α-hetero) is 1. The topological polar surface area (TPSA) is 40.9 Å². The molecule has 0 atom stereocenters. The largest absolute Gasteiger partial charge is 0.298 e. The molecule has 0 amide bonds. The van der Waals surface area contributed by atoms with Crippen molar-refractivity contribution in [1.82, 2.24) is 0 Å². The van der Waals surface area contributed by atoms with Crippen molar-refractivity contribution in [3.8, 4) is 6.07 Å². The summed E-state index contributed by atoms with van der Waals surface area (Å²) in [6.45, 7) is 3.68. The van der Waals surface area contributed by atoms with Crippen molar-refractivity contribution in [2.75, 3.05) is 0 Å². The molecule has 1 rings (SSSR count). The number of ketones is 1. The molecule has 0 bridgehead atoms. The summed E-state index contributed by atoms with van der Waals surface area (Å²) in [6, 6.07) is 9.49. The third-order valence-electron chi connectivity index (χ3n) is 2.48. The maximum atomic E-state index is 11.8. The second-order valence-electron chi connectivity index (χ2n) is 3.86. The van der Waals surface area contributed by atoms with Crippen molar-refractivity contribution in [3.63, 3.8) is 0 Å². The monoisotopic (exact) mass is 265 g/mol. The minimum absolute atomic E-state index is 0.0473. The van der Waals surface area contributed by atoms with Crippen LogP contribution in [0.15, 0.2) is 28.7 Å². The van der Waals surface area contributed by atoms with Crippen LogP contribution in [0.25, 0.3) is 0 Å². The number of halogens is 1. The van der Waals surface area contributed by atoms with Crippen LogP contribution in [-0.4, -0.2) is 5.78 Å². The quantitative estimate of drug-likeness (QED) is 0.842. The van der Waals surface area contributed by atoms with Crippen LogP contribution >= 0.6 is 15.9 Å². The predicted molar refractivity (Wildman–Crippen MR) is 62.4 cm³/mol. The van der Waals surface area contributed by atoms with Crippen LogP contribution in [0.3, 0.4) is 0 Å². The van der Waals surface area contributed by atoms with Crippen molar-refractivity contribution in [2.45, 2.75) is 25.7 Å². The maximum absolute atomic E-state index is 11.8. The van der Waals surface area contributed by atoms with Gasteiger partial charge in [0.2, 0.25) is 0 Å². The highest BCUT2D eigenvalue weighted by Crippen LogP contribution is 2.31. The van der Waals surface area contributed by atoms with Crippen LogP contribution in [0, 0.1) is 11.3 Å². The summed E-state index contributed by atoms with van der Waals surface area (Å²) < 4.78 is 0.904. The molecule has 0 aliphatic heterocycles. The second kappa shape index (κ2) is 4.59. The number of nitrogens with zero attached hydrogens (tertiary/aromatic N) is 1. The van der Waals surface area contributed by atoms with Crippen molar-refractivity contribution >= 4 is 21.7 Å². The predicted octanol–water partition coefficient (Wildman–Crippen LogP) is 3.21. The van der Waals surface area contributed by atoms with Gasteiger partial charge in [-0.2, -0.15) is 5.26 Å². The molecule has 0 heterocycles. The Balaban J connectivity index is 3.12. The van der Waals surface area contributed by atoms with E-state index in [1.807, 2.05) is 44.2 Å². The Morgan fingerprint density at radius 3 is 2.60 bits per heavy atom. The first-order chi connectivity index (χ1) is 7.00. The molecule has 0 fully saturated rings. The molecule has 78 valence electrons. The Bertz CT molecular complexity index is 418. The maximum Gasteiger partial charge on any atom is 0.156 e. The third-order valence-corrected chi connectivity index (χ3v) is 3.18. The molecular weight excluding hydrogens is 254 g/mol. The molecule has 0 saturated heterocycles. The van der Waals surface area contributed by atoms with E-state index in [9.17, 15) is 4.79 Å². The molecule has 0 unspecified atom stereocenters. The molecule has 2 nitrogen and oxygen atoms in total. The summed E-state index contributed by atoms with van der Waals surface area (Å²) >= 11 is 3.42. The molecule has 0 N–H and O–H groups in total. The molecule has 0 radical (unpaired) electrons. The molecule has 0 aliphatic carbocycles. The van der Waals surface area contributed by atoms with Crippen molar-refractivity contribution in [2.24, 2.45) is 0 Å². The minimum atomic E-state index is -0.615. The lowest BCUT2D eigenvalue weighted by Crippen LogP contribution is -2.28. The molecule has 1 aromatic rings. The average molecular weight is 266 g/mol. The van der Waals surface area contributed by atoms with Crippen LogP contribution in [0.2, 0.25) is 0 Å². The summed E-state index contributed by atoms with van der Waals surface area (Å²) in [5.74, 6) is -0.0584. The second-order valence-corrected chi connectivity index (χ2v) is 4.72. The van der Waals surface area contributed by atoms with Crippen LogP contribution in [0.4, 0.5) is 0 Å². The summed E-state index contributed by atoms with van der Waals surface area (Å²) in [7, 11) is 0. The highest BCUT2D eigenvalue weighted by molar-refractivity contribution is 9.10. The van der Waals surface area contributed by atoms with Crippen LogP contribution in [0.5, 0.6) is 0 Å². The van der Waals surface area contributed by atoms with Gasteiger partial charge in [0.25, 0.3) is 0 Å². The van der Waals surface area contributed by atoms with E-state index in [1.54, 1.807) is 0 Å². The van der Waals surface area contributed by atoms with Gasteiger partial charge in [0, 0.05) is 4.47 Å². The number of hydrogen-bond donors (Lipinski definition) is 0. The van der Waals surface area contributed by atoms with Crippen molar-refractivity contribution in [3.05, 3.63) is 34.3 Å². The fourth-order valence-corrected chi connectivity index (χ4v) is 2.19. The smallest absolute Gasteiger partial charge is 0.156 e. The van der Waals surface area contributed by atoms with Gasteiger partial charge in [0.05, 0.1) is 17.9 Å². The summed E-state index contributed by atoms with van der Waals surface area (Å²) in [6.07, 6.45) is -0.0473. The standard InChI is InChI=1S/C12H12BrNO/c1-12(2,11(15)7-8-14)9-5-3-4-6-10(9)13/h3-6H,7H2,1-2H3. The SMILES string of the molecule is CC(C)(C(=O)CC#N)c1ccccc1Br. The lowest BCUT2D eigenvalue weighted by molar-refractivity contribution is -0.122. The number of nitriles is 1. The molecule has 0 spiro atoms. The van der Waals surface area contributed by atoms with Crippen LogP contribution in [0.1, 0.15) is 25.8 Å². The molecular formula is C12H12BrNO. The van der Waals surface area contributed by atoms with E-state index in [-0.39, 0.29) is 12.2 Å². The van der Waals surface area contributed by atoms with Gasteiger partial charge in [-0.15, -0.1) is 0 Å². The molecule has 3 heteroatoms. The normalized spacial score (nSPS) is 10.8. The molecule has 15 heavy (non-hydrogen) atoms. The van der Waals surface area contributed by atoms with E-state index in [4.69, 9.17) is 5.26 Å². The Kier molecular flexibility index (Phi) is 3.65. The van der Waals surface area contributed by atoms with E-state index in [0.29, 0.717) is 0 Å². The number of rotatable bonds is 3. The Labute approximate surface area is 98.0 Å². The van der Waals surface area contributed by atoms with Gasteiger partial charge in [-0.05, 0) is 25.5 Å². The van der Waals surface area contributed by atoms with E-state index in [0.717, 1.165) is 10.0 Å². The first-order valence-electron chi connectivity index (χ1n) is 4.65. The van der Waals surface area contributed by atoms with E-state index < -0.39 is 5.41 Å². The Morgan fingerprint density at radius 2 is 2.07 bits per heavy atom. The number of carbonyl (C=O) groups excluding carboxylic acids is 1. The van der Waals surface area contributed by atoms with Gasteiger partial charge in [0.15, 0.2) is 5.78 Å². The van der Waals surface area contributed by atoms with Crippen molar-refractivity contribution < 1.29 is 4.79 Å². The minimum Gasteiger partial charge on any atom is -0.298 e. The van der Waals surface area contributed by atoms with E-state index in [2.05, 4.69) is 15.9 Å². The fraction of sp³-hybridized carbons (Fsp3) is 0.333. The van der Waals surface area contributed by atoms with E-state index >= 15 is 0 Å². The first kappa shape index (κ1) is 11.9. The molecule has 0 aliphatic rings. The molecule has 1 aromatic carbocycles. The Hall–Kier alpha value is -1.14. The zero-order valence-electron chi connectivity index (χ0n) is 8.75. The summed E-state index contributed by atoms with van der Waals surface area (Å²) in [5.41, 5.74) is 0.306. The Morgan fingerprint density at radius 1 is 1.47 bits per heavy atom. The van der Waals surface area contributed by atoms with Gasteiger partial charge in [-0.3, -0.25) is 4.79 Å². The number of hydrogen-bond acceptors (Lipinski definition) is 2. The van der Waals surface area contributed by atoms with Gasteiger partial charge in [0.1, 0.15) is 0 Å². The molecule has 0 aromatic heterocycles. The van der Waals surface area contributed by atoms with Crippen LogP contribution in [-0.2, 0) is 10.2 Å². The van der Waals surface area contributed by atoms with Gasteiger partial charge in [-0.1, -0.05) is 34.1 Å². The van der Waals surface area contributed by atoms with Gasteiger partial charge >= 0.3 is 0 Å². The lowest BCUT2D eigenvalue weighted by atomic mass is 9.79. The fourth-order valence-electron chi connectivity index (χ4n) is 1.41. The number of benzene rings is 1. The highest BCUT2D eigenvalue weighted by atomic mass is 79.9. The highest BCUT2D eigenvalue weighted by Gasteiger charge is 2.30. The van der Waals surface area contributed by atoms with Gasteiger partial charge in [-0.25, -0.2) is 0 Å². The zero-order chi connectivity index (χ0) is 11.5. The molecule has 0 saturated carbocycles. The van der Waals surface area contributed by atoms with E-state index in [1.165, 1.54) is 0 Å². The number of carbonyl (C=O) groups is 1. The zero-order valence-corrected chi connectivity index (χ0v) is 10.3. The average Bonchev–Trinajstić information content (AvgIpc) is 2.18. The summed E-state index contributed by atoms with van der Waals surface area (Å²) in [4.78, 5) is 11.8. The van der Waals surface area contributed by atoms with Gasteiger partial charge < -0.3 is 0 Å².